The summed E-state index contributed by atoms with van der Waals surface area (Å²) in [7, 11) is 0. The third-order valence-corrected chi connectivity index (χ3v) is 6.13. The summed E-state index contributed by atoms with van der Waals surface area (Å²) in [5, 5.41) is 4.04. The highest BCUT2D eigenvalue weighted by molar-refractivity contribution is 9.10. The predicted octanol–water partition coefficient (Wildman–Crippen LogP) is 6.57. The number of nitrogens with one attached hydrogen (secondary N) is 1. The first-order valence-electron chi connectivity index (χ1n) is 9.09. The molecule has 1 amide bonds. The standard InChI is InChI=1S/C23H16BrClN2O2S/c24-18-12-15(10-11-20(18)29-14-16-6-4-5-9-19(16)25)13-21-22(28)27-23(30-21)26-17-7-2-1-3-8-17/h1-13H,14H2,(H,26,27,28)/b21-13-. The van der Waals surface area contributed by atoms with Crippen molar-refractivity contribution in [2.75, 3.05) is 0 Å². The quantitative estimate of drug-likeness (QED) is 0.404. The second-order valence-corrected chi connectivity index (χ2v) is 8.68. The lowest BCUT2D eigenvalue weighted by molar-refractivity contribution is -0.115. The highest BCUT2D eigenvalue weighted by atomic mass is 79.9. The smallest absolute Gasteiger partial charge is 0.264 e. The van der Waals surface area contributed by atoms with Crippen LogP contribution in [0.1, 0.15) is 11.1 Å². The van der Waals surface area contributed by atoms with E-state index in [1.807, 2.05) is 78.9 Å². The summed E-state index contributed by atoms with van der Waals surface area (Å²) in [6.45, 7) is 0.371. The monoisotopic (exact) mass is 498 g/mol. The van der Waals surface area contributed by atoms with Gasteiger partial charge in [-0.15, -0.1) is 0 Å². The normalized spacial score (nSPS) is 16.1. The second kappa shape index (κ2) is 9.51. The van der Waals surface area contributed by atoms with E-state index in [-0.39, 0.29) is 5.91 Å². The molecule has 0 bridgehead atoms. The van der Waals surface area contributed by atoms with E-state index in [0.29, 0.717) is 27.5 Å². The van der Waals surface area contributed by atoms with Crippen molar-refractivity contribution in [2.24, 2.45) is 4.99 Å². The number of rotatable bonds is 5. The van der Waals surface area contributed by atoms with Crippen molar-refractivity contribution in [2.45, 2.75) is 6.61 Å². The molecular weight excluding hydrogens is 484 g/mol. The molecule has 0 spiro atoms. The molecule has 1 aliphatic heterocycles. The van der Waals surface area contributed by atoms with E-state index < -0.39 is 0 Å². The summed E-state index contributed by atoms with van der Waals surface area (Å²) in [6.07, 6.45) is 1.83. The Labute approximate surface area is 192 Å². The highest BCUT2D eigenvalue weighted by Crippen LogP contribution is 2.31. The van der Waals surface area contributed by atoms with Crippen molar-refractivity contribution in [3.63, 3.8) is 0 Å². The number of para-hydroxylation sites is 1. The maximum atomic E-state index is 12.3. The van der Waals surface area contributed by atoms with Gasteiger partial charge in [-0.05, 0) is 69.7 Å². The zero-order valence-corrected chi connectivity index (χ0v) is 18.8. The molecule has 150 valence electrons. The number of amidine groups is 1. The minimum absolute atomic E-state index is 0.162. The lowest BCUT2D eigenvalue weighted by Gasteiger charge is -2.10. The number of hydrogen-bond acceptors (Lipinski definition) is 4. The van der Waals surface area contributed by atoms with Crippen LogP contribution in [0.25, 0.3) is 6.08 Å². The van der Waals surface area contributed by atoms with Gasteiger partial charge in [0.2, 0.25) is 0 Å². The molecule has 1 N–H and O–H groups in total. The molecule has 3 aromatic carbocycles. The average molecular weight is 500 g/mol. The molecule has 0 unspecified atom stereocenters. The molecule has 0 radical (unpaired) electrons. The molecule has 4 nitrogen and oxygen atoms in total. The van der Waals surface area contributed by atoms with Gasteiger partial charge in [-0.3, -0.25) is 4.79 Å². The van der Waals surface area contributed by atoms with Crippen molar-refractivity contribution in [3.05, 3.63) is 98.3 Å². The zero-order chi connectivity index (χ0) is 20.9. The Kier molecular flexibility index (Phi) is 6.57. The van der Waals surface area contributed by atoms with Crippen LogP contribution in [0.5, 0.6) is 5.75 Å². The molecule has 3 aromatic rings. The van der Waals surface area contributed by atoms with Crippen LogP contribution in [0.3, 0.4) is 0 Å². The van der Waals surface area contributed by atoms with E-state index in [1.54, 1.807) is 0 Å². The lowest BCUT2D eigenvalue weighted by Crippen LogP contribution is -2.19. The maximum Gasteiger partial charge on any atom is 0.264 e. The summed E-state index contributed by atoms with van der Waals surface area (Å²) in [6, 6.07) is 22.8. The Hall–Kier alpha value is -2.54. The summed E-state index contributed by atoms with van der Waals surface area (Å²) < 4.78 is 6.67. The van der Waals surface area contributed by atoms with E-state index >= 15 is 0 Å². The van der Waals surface area contributed by atoms with E-state index in [0.717, 1.165) is 21.3 Å². The second-order valence-electron chi connectivity index (χ2n) is 6.39. The molecule has 0 aromatic heterocycles. The molecule has 30 heavy (non-hydrogen) atoms. The molecule has 1 heterocycles. The Morgan fingerprint density at radius 1 is 1.07 bits per heavy atom. The Bertz CT molecular complexity index is 1150. The zero-order valence-electron chi connectivity index (χ0n) is 15.6. The van der Waals surface area contributed by atoms with Crippen LogP contribution >= 0.6 is 39.3 Å². The van der Waals surface area contributed by atoms with Gasteiger partial charge in [0.15, 0.2) is 5.17 Å². The van der Waals surface area contributed by atoms with Crippen LogP contribution in [0.4, 0.5) is 5.69 Å². The van der Waals surface area contributed by atoms with Gasteiger partial charge >= 0.3 is 0 Å². The van der Waals surface area contributed by atoms with Crippen molar-refractivity contribution >= 4 is 62.1 Å². The molecule has 1 saturated heterocycles. The van der Waals surface area contributed by atoms with Crippen molar-refractivity contribution in [1.82, 2.24) is 5.32 Å². The number of benzene rings is 3. The van der Waals surface area contributed by atoms with Crippen LogP contribution in [0.15, 0.2) is 87.2 Å². The van der Waals surface area contributed by atoms with Gasteiger partial charge in [0.05, 0.1) is 15.1 Å². The third-order valence-electron chi connectivity index (χ3n) is 4.23. The fraction of sp³-hybridized carbons (Fsp3) is 0.0435. The molecule has 4 rings (SSSR count). The Balaban J connectivity index is 1.46. The number of hydrogen-bond donors (Lipinski definition) is 1. The number of halogens is 2. The average Bonchev–Trinajstić information content (AvgIpc) is 3.08. The molecule has 1 fully saturated rings. The Morgan fingerprint density at radius 2 is 1.83 bits per heavy atom. The fourth-order valence-electron chi connectivity index (χ4n) is 2.75. The lowest BCUT2D eigenvalue weighted by atomic mass is 10.2. The van der Waals surface area contributed by atoms with Crippen LogP contribution in [-0.4, -0.2) is 11.1 Å². The minimum Gasteiger partial charge on any atom is -0.488 e. The highest BCUT2D eigenvalue weighted by Gasteiger charge is 2.23. The third kappa shape index (κ3) is 5.14. The van der Waals surface area contributed by atoms with Crippen LogP contribution < -0.4 is 10.1 Å². The first-order valence-corrected chi connectivity index (χ1v) is 11.1. The van der Waals surface area contributed by atoms with Crippen molar-refractivity contribution in [3.8, 4) is 5.75 Å². The first kappa shape index (κ1) is 20.7. The number of ether oxygens (including phenoxy) is 1. The molecule has 0 saturated carbocycles. The number of nitrogens with zero attached hydrogens (tertiary/aromatic N) is 1. The number of aliphatic imine (C=N–C) groups is 1. The summed E-state index contributed by atoms with van der Waals surface area (Å²) in [5.41, 5.74) is 2.59. The van der Waals surface area contributed by atoms with Crippen molar-refractivity contribution < 1.29 is 9.53 Å². The van der Waals surface area contributed by atoms with Crippen LogP contribution in [0.2, 0.25) is 5.02 Å². The van der Waals surface area contributed by atoms with Gasteiger partial charge in [0.1, 0.15) is 12.4 Å². The molecule has 0 atom stereocenters. The fourth-order valence-corrected chi connectivity index (χ4v) is 4.29. The van der Waals surface area contributed by atoms with E-state index in [9.17, 15) is 4.79 Å². The maximum absolute atomic E-state index is 12.3. The summed E-state index contributed by atoms with van der Waals surface area (Å²) in [4.78, 5) is 17.3. The molecular formula is C23H16BrClN2O2S. The molecule has 0 aliphatic carbocycles. The number of carbonyl (C=O) groups is 1. The molecule has 1 aliphatic rings. The largest absolute Gasteiger partial charge is 0.488 e. The van der Waals surface area contributed by atoms with E-state index in [1.165, 1.54) is 11.8 Å². The van der Waals surface area contributed by atoms with Gasteiger partial charge < -0.3 is 10.1 Å². The Morgan fingerprint density at radius 3 is 2.60 bits per heavy atom. The summed E-state index contributed by atoms with van der Waals surface area (Å²) in [5.74, 6) is 0.539. The number of thioether (sulfide) groups is 1. The van der Waals surface area contributed by atoms with Gasteiger partial charge in [0, 0.05) is 10.6 Å². The van der Waals surface area contributed by atoms with Crippen LogP contribution in [-0.2, 0) is 11.4 Å². The minimum atomic E-state index is -0.162. The predicted molar refractivity (Wildman–Crippen MR) is 127 cm³/mol. The van der Waals surface area contributed by atoms with E-state index in [4.69, 9.17) is 16.3 Å². The van der Waals surface area contributed by atoms with Gasteiger partial charge in [-0.1, -0.05) is 54.1 Å². The number of amides is 1. The van der Waals surface area contributed by atoms with Gasteiger partial charge in [-0.25, -0.2) is 4.99 Å². The molecule has 7 heteroatoms. The number of carbonyl (C=O) groups excluding carboxylic acids is 1. The van der Waals surface area contributed by atoms with Gasteiger partial charge in [0.25, 0.3) is 5.91 Å². The topological polar surface area (TPSA) is 50.7 Å². The van der Waals surface area contributed by atoms with E-state index in [2.05, 4.69) is 26.2 Å². The van der Waals surface area contributed by atoms with Crippen LogP contribution in [0, 0.1) is 0 Å². The SMILES string of the molecule is O=C1NC(=Nc2ccccc2)S/C1=C\c1ccc(OCc2ccccc2Cl)c(Br)c1. The van der Waals surface area contributed by atoms with Gasteiger partial charge in [-0.2, -0.15) is 0 Å². The van der Waals surface area contributed by atoms with Crippen molar-refractivity contribution in [1.29, 1.82) is 0 Å². The first-order chi connectivity index (χ1) is 14.6. The summed E-state index contributed by atoms with van der Waals surface area (Å²) >= 11 is 11.0.